The highest BCUT2D eigenvalue weighted by Gasteiger charge is 2.25. The topological polar surface area (TPSA) is 96.2 Å². The van der Waals surface area contributed by atoms with E-state index in [4.69, 9.17) is 17.4 Å². The van der Waals surface area contributed by atoms with Crippen molar-refractivity contribution in [1.29, 1.82) is 0 Å². The van der Waals surface area contributed by atoms with Gasteiger partial charge in [0.15, 0.2) is 5.78 Å². The third kappa shape index (κ3) is 5.59. The van der Waals surface area contributed by atoms with Crippen LogP contribution in [-0.2, 0) is 0 Å². The Morgan fingerprint density at radius 2 is 1.77 bits per heavy atom. The lowest BCUT2D eigenvalue weighted by molar-refractivity contribution is 0.0972. The predicted molar refractivity (Wildman–Crippen MR) is 121 cm³/mol. The van der Waals surface area contributed by atoms with Gasteiger partial charge in [-0.05, 0) is 42.8 Å². The summed E-state index contributed by atoms with van der Waals surface area (Å²) in [6, 6.07) is 22.5. The minimum Gasteiger partial charge on any atom is -0.377 e. The molecule has 0 fully saturated rings. The van der Waals surface area contributed by atoms with Gasteiger partial charge in [0.1, 0.15) is 0 Å². The minimum atomic E-state index is -0.418. The number of nitrogens with two attached hydrogens (primary N) is 1. The van der Waals surface area contributed by atoms with Gasteiger partial charge in [-0.3, -0.25) is 10.2 Å². The summed E-state index contributed by atoms with van der Waals surface area (Å²) in [6.45, 7) is 1.98. The molecule has 3 aromatic carbocycles. The van der Waals surface area contributed by atoms with Crippen LogP contribution < -0.4 is 21.9 Å². The summed E-state index contributed by atoms with van der Waals surface area (Å²) >= 11 is 5.92. The number of amides is 2. The van der Waals surface area contributed by atoms with Crippen molar-refractivity contribution >= 4 is 34.8 Å². The number of hydrazine groups is 1. The summed E-state index contributed by atoms with van der Waals surface area (Å²) in [5.41, 5.74) is 6.54. The average Bonchev–Trinajstić information content (AvgIpc) is 2.76. The van der Waals surface area contributed by atoms with Crippen molar-refractivity contribution < 1.29 is 9.59 Å². The Balaban J connectivity index is 0.000000187. The largest absolute Gasteiger partial charge is 0.377 e. The number of carbonyl (C=O) groups excluding carboxylic acids is 2. The lowest BCUT2D eigenvalue weighted by Gasteiger charge is -2.26. The molecule has 154 valence electrons. The molecule has 30 heavy (non-hydrogen) atoms. The lowest BCUT2D eigenvalue weighted by Crippen LogP contribution is -2.34. The van der Waals surface area contributed by atoms with E-state index in [1.54, 1.807) is 12.1 Å². The number of halogens is 1. The second-order valence-electron chi connectivity index (χ2n) is 6.89. The van der Waals surface area contributed by atoms with E-state index < -0.39 is 6.03 Å². The molecule has 0 radical (unpaired) electrons. The van der Waals surface area contributed by atoms with Crippen LogP contribution in [0, 0.1) is 6.92 Å². The van der Waals surface area contributed by atoms with E-state index in [2.05, 4.69) is 10.6 Å². The lowest BCUT2D eigenvalue weighted by atomic mass is 9.92. The van der Waals surface area contributed by atoms with Gasteiger partial charge in [-0.1, -0.05) is 59.6 Å². The van der Waals surface area contributed by atoms with Crippen LogP contribution in [0.1, 0.15) is 33.9 Å². The number of fused-ring (bicyclic) bond motifs is 1. The highest BCUT2D eigenvalue weighted by molar-refractivity contribution is 6.31. The first-order valence-electron chi connectivity index (χ1n) is 9.45. The first-order valence-corrected chi connectivity index (χ1v) is 9.82. The summed E-state index contributed by atoms with van der Waals surface area (Å²) in [5, 5.41) is 6.53. The maximum atomic E-state index is 12.1. The molecule has 0 aliphatic carbocycles. The van der Waals surface area contributed by atoms with Gasteiger partial charge in [-0.2, -0.15) is 0 Å². The quantitative estimate of drug-likeness (QED) is 0.263. The van der Waals surface area contributed by atoms with Gasteiger partial charge in [0.2, 0.25) is 0 Å². The standard InChI is InChI=1S/C15H12ClNO.C8H11N3O/c16-11-6-7-13-12(8-11)15(18)9-14(17-13)10-4-2-1-3-5-10;1-6-2-4-7(5-3-6)10-8(12)11-9/h1-8,14,17H,9H2;2-5H,9H2,1H3,(H2,10,11,12). The Labute approximate surface area is 180 Å². The van der Waals surface area contributed by atoms with Gasteiger partial charge in [0, 0.05) is 28.4 Å². The van der Waals surface area contributed by atoms with Crippen LogP contribution in [0.2, 0.25) is 5.02 Å². The molecule has 0 spiro atoms. The van der Waals surface area contributed by atoms with Gasteiger partial charge in [0.05, 0.1) is 6.04 Å². The Hall–Kier alpha value is -3.35. The van der Waals surface area contributed by atoms with E-state index in [1.165, 1.54) is 0 Å². The third-order valence-electron chi connectivity index (χ3n) is 4.64. The summed E-state index contributed by atoms with van der Waals surface area (Å²) in [5.74, 6) is 5.03. The number of anilines is 2. The molecule has 2 amide bonds. The van der Waals surface area contributed by atoms with Crippen molar-refractivity contribution in [3.63, 3.8) is 0 Å². The fraction of sp³-hybridized carbons (Fsp3) is 0.130. The molecule has 6 nitrogen and oxygen atoms in total. The number of aryl methyl sites for hydroxylation is 1. The van der Waals surface area contributed by atoms with Crippen molar-refractivity contribution in [2.75, 3.05) is 10.6 Å². The van der Waals surface area contributed by atoms with Crippen LogP contribution in [0.5, 0.6) is 0 Å². The third-order valence-corrected chi connectivity index (χ3v) is 4.88. The summed E-state index contributed by atoms with van der Waals surface area (Å²) in [6.07, 6.45) is 0.470. The van der Waals surface area contributed by atoms with Crippen molar-refractivity contribution in [3.8, 4) is 0 Å². The zero-order valence-electron chi connectivity index (χ0n) is 16.5. The fourth-order valence-electron chi connectivity index (χ4n) is 3.10. The molecule has 7 heteroatoms. The van der Waals surface area contributed by atoms with Gasteiger partial charge in [-0.15, -0.1) is 0 Å². The van der Waals surface area contributed by atoms with Crippen LogP contribution in [-0.4, -0.2) is 11.8 Å². The molecule has 1 heterocycles. The number of Topliss-reactive ketones (excluding diaryl/α,β-unsaturated/α-hetero) is 1. The number of hydrogen-bond acceptors (Lipinski definition) is 4. The number of hydrogen-bond donors (Lipinski definition) is 4. The van der Waals surface area contributed by atoms with Crippen molar-refractivity contribution in [1.82, 2.24) is 5.43 Å². The number of urea groups is 1. The zero-order chi connectivity index (χ0) is 21.5. The summed E-state index contributed by atoms with van der Waals surface area (Å²) in [7, 11) is 0. The first-order chi connectivity index (χ1) is 14.5. The van der Waals surface area contributed by atoms with Crippen molar-refractivity contribution in [2.24, 2.45) is 5.84 Å². The van der Waals surface area contributed by atoms with Crippen molar-refractivity contribution in [3.05, 3.63) is 94.5 Å². The van der Waals surface area contributed by atoms with E-state index in [0.717, 1.165) is 22.5 Å². The smallest absolute Gasteiger partial charge is 0.333 e. The highest BCUT2D eigenvalue weighted by Crippen LogP contribution is 2.33. The van der Waals surface area contributed by atoms with Crippen LogP contribution in [0.15, 0.2) is 72.8 Å². The molecule has 0 bridgehead atoms. The van der Waals surface area contributed by atoms with Crippen LogP contribution in [0.25, 0.3) is 0 Å². The Kier molecular flexibility index (Phi) is 7.06. The van der Waals surface area contributed by atoms with Gasteiger partial charge < -0.3 is 10.6 Å². The maximum Gasteiger partial charge on any atom is 0.333 e. The molecule has 1 aliphatic rings. The SMILES string of the molecule is Cc1ccc(NC(=O)NN)cc1.O=C1CC(c2ccccc2)Nc2ccc(Cl)cc21. The van der Waals surface area contributed by atoms with Gasteiger partial charge >= 0.3 is 6.03 Å². The molecular weight excluding hydrogens is 400 g/mol. The Morgan fingerprint density at radius 3 is 2.43 bits per heavy atom. The van der Waals surface area contributed by atoms with Gasteiger partial charge in [0.25, 0.3) is 0 Å². The molecule has 1 atom stereocenters. The molecule has 0 aromatic heterocycles. The summed E-state index contributed by atoms with van der Waals surface area (Å²) in [4.78, 5) is 22.8. The predicted octanol–water partition coefficient (Wildman–Crippen LogP) is 5.07. The Bertz CT molecular complexity index is 1020. The van der Waals surface area contributed by atoms with Crippen molar-refractivity contribution in [2.45, 2.75) is 19.4 Å². The van der Waals surface area contributed by atoms with Crippen LogP contribution >= 0.6 is 11.6 Å². The number of nitrogens with one attached hydrogen (secondary N) is 3. The van der Waals surface area contributed by atoms with Crippen LogP contribution in [0.4, 0.5) is 16.2 Å². The van der Waals surface area contributed by atoms with E-state index >= 15 is 0 Å². The average molecular weight is 423 g/mol. The number of ketones is 1. The van der Waals surface area contributed by atoms with E-state index in [1.807, 2.05) is 73.0 Å². The van der Waals surface area contributed by atoms with E-state index in [-0.39, 0.29) is 11.8 Å². The maximum absolute atomic E-state index is 12.1. The molecule has 3 aromatic rings. The van der Waals surface area contributed by atoms with E-state index in [9.17, 15) is 9.59 Å². The zero-order valence-corrected chi connectivity index (χ0v) is 17.2. The number of carbonyl (C=O) groups is 2. The van der Waals surface area contributed by atoms with Crippen LogP contribution in [0.3, 0.4) is 0 Å². The fourth-order valence-corrected chi connectivity index (χ4v) is 3.27. The number of benzene rings is 3. The second kappa shape index (κ2) is 9.91. The van der Waals surface area contributed by atoms with Gasteiger partial charge in [-0.25, -0.2) is 10.6 Å². The molecule has 0 saturated carbocycles. The Morgan fingerprint density at radius 1 is 1.07 bits per heavy atom. The number of rotatable bonds is 2. The van der Waals surface area contributed by atoms with E-state index in [0.29, 0.717) is 17.0 Å². The molecule has 4 rings (SSSR count). The minimum absolute atomic E-state index is 0.0485. The monoisotopic (exact) mass is 422 g/mol. The first kappa shape index (κ1) is 21.4. The summed E-state index contributed by atoms with van der Waals surface area (Å²) < 4.78 is 0. The normalized spacial score (nSPS) is 14.5. The molecule has 0 saturated heterocycles. The molecular formula is C23H23ClN4O2. The second-order valence-corrected chi connectivity index (χ2v) is 7.33. The molecule has 1 aliphatic heterocycles. The molecule has 1 unspecified atom stereocenters. The molecule has 5 N–H and O–H groups in total. The highest BCUT2D eigenvalue weighted by atomic mass is 35.5.